The molecule has 3 aromatic heterocycles. The molecule has 8 heteroatoms. The van der Waals surface area contributed by atoms with Crippen molar-refractivity contribution in [1.82, 2.24) is 24.4 Å². The number of anilines is 1. The van der Waals surface area contributed by atoms with Gasteiger partial charge in [0, 0.05) is 66.4 Å². The maximum atomic E-state index is 13.2. The van der Waals surface area contributed by atoms with Crippen LogP contribution in [0.15, 0.2) is 24.5 Å². The predicted octanol–water partition coefficient (Wildman–Crippen LogP) is 5.58. The van der Waals surface area contributed by atoms with Crippen molar-refractivity contribution in [3.05, 3.63) is 47.0 Å². The first kappa shape index (κ1) is 27.6. The Morgan fingerprint density at radius 3 is 2.44 bits per heavy atom. The van der Waals surface area contributed by atoms with Crippen molar-refractivity contribution in [3.63, 3.8) is 0 Å². The number of carbonyl (C=O) groups excluding carboxylic acids is 1. The molecule has 3 aromatic rings. The quantitative estimate of drug-likeness (QED) is 0.393. The second-order valence-electron chi connectivity index (χ2n) is 12.0. The van der Waals surface area contributed by atoms with Gasteiger partial charge in [-0.1, -0.05) is 13.3 Å². The van der Waals surface area contributed by atoms with Gasteiger partial charge in [0.25, 0.3) is 5.91 Å². The largest absolute Gasteiger partial charge is 0.352 e. The van der Waals surface area contributed by atoms with Gasteiger partial charge in [-0.25, -0.2) is 4.98 Å². The van der Waals surface area contributed by atoms with Crippen molar-refractivity contribution >= 4 is 22.9 Å². The first-order chi connectivity index (χ1) is 18.8. The van der Waals surface area contributed by atoms with Gasteiger partial charge in [-0.15, -0.1) is 0 Å². The molecule has 1 aliphatic carbocycles. The van der Waals surface area contributed by atoms with Gasteiger partial charge in [0.05, 0.1) is 0 Å². The lowest BCUT2D eigenvalue weighted by Gasteiger charge is -2.32. The molecule has 0 spiro atoms. The van der Waals surface area contributed by atoms with Gasteiger partial charge in [0.15, 0.2) is 0 Å². The summed E-state index contributed by atoms with van der Waals surface area (Å²) in [6.45, 7) is 10.8. The minimum Gasteiger partial charge on any atom is -0.352 e. The van der Waals surface area contributed by atoms with Gasteiger partial charge in [-0.3, -0.25) is 9.78 Å². The van der Waals surface area contributed by atoms with Crippen molar-refractivity contribution in [2.24, 2.45) is 11.7 Å². The number of nitrogens with two attached hydrogens (primary N) is 1. The number of carbonyl (C=O) groups is 1. The van der Waals surface area contributed by atoms with Crippen LogP contribution in [0.5, 0.6) is 0 Å². The molecule has 1 saturated heterocycles. The summed E-state index contributed by atoms with van der Waals surface area (Å²) in [4.78, 5) is 29.4. The van der Waals surface area contributed by atoms with Gasteiger partial charge in [-0.05, 0) is 95.2 Å². The molecule has 1 amide bonds. The number of piperidine rings is 1. The molecule has 0 bridgehead atoms. The van der Waals surface area contributed by atoms with Crippen LogP contribution in [0.2, 0.25) is 0 Å². The van der Waals surface area contributed by atoms with E-state index in [2.05, 4.69) is 34.9 Å². The number of rotatable bonds is 8. The summed E-state index contributed by atoms with van der Waals surface area (Å²) in [7, 11) is 0. The number of amides is 1. The summed E-state index contributed by atoms with van der Waals surface area (Å²) in [5.74, 6) is 1.84. The van der Waals surface area contributed by atoms with E-state index in [1.807, 2.05) is 37.1 Å². The van der Waals surface area contributed by atoms with Gasteiger partial charge in [0.2, 0.25) is 5.95 Å². The Hall–Kier alpha value is -3.00. The Morgan fingerprint density at radius 1 is 1.08 bits per heavy atom. The highest BCUT2D eigenvalue weighted by atomic mass is 16.2. The molecule has 39 heavy (non-hydrogen) atoms. The van der Waals surface area contributed by atoms with Crippen LogP contribution < -0.4 is 11.1 Å². The van der Waals surface area contributed by atoms with E-state index in [4.69, 9.17) is 15.7 Å². The van der Waals surface area contributed by atoms with Crippen LogP contribution in [0, 0.1) is 19.8 Å². The Labute approximate surface area is 232 Å². The van der Waals surface area contributed by atoms with Crippen LogP contribution in [0.3, 0.4) is 0 Å². The van der Waals surface area contributed by atoms with E-state index in [-0.39, 0.29) is 5.91 Å². The third-order valence-corrected chi connectivity index (χ3v) is 8.64. The molecule has 2 aliphatic rings. The Balaban J connectivity index is 1.36. The zero-order valence-corrected chi connectivity index (χ0v) is 24.1. The predicted molar refractivity (Wildman–Crippen MR) is 157 cm³/mol. The standard InChI is InChI=1S/C31H45N7O/c1-5-6-20(2)35-31-33-17-27-28(19-38(29(27)36-31)18-23-7-9-26(32)10-8-23)24-11-13-37(14-12-24)30(39)25-15-21(3)34-22(4)16-25/h15-17,19-20,23-24,26H,5-14,18,32H2,1-4H3,(H,33,35,36)/t20-,23-,26-/m0/s1. The van der Waals surface area contributed by atoms with Crippen molar-refractivity contribution in [1.29, 1.82) is 0 Å². The lowest BCUT2D eigenvalue weighted by Crippen LogP contribution is -2.38. The first-order valence-corrected chi connectivity index (χ1v) is 14.9. The molecule has 0 radical (unpaired) electrons. The number of hydrogen-bond acceptors (Lipinski definition) is 6. The number of hydrogen-bond donors (Lipinski definition) is 2. The monoisotopic (exact) mass is 531 g/mol. The highest BCUT2D eigenvalue weighted by Crippen LogP contribution is 2.36. The molecular formula is C31H45N7O. The maximum absolute atomic E-state index is 13.2. The highest BCUT2D eigenvalue weighted by Gasteiger charge is 2.28. The molecule has 4 heterocycles. The minimum atomic E-state index is 0.111. The van der Waals surface area contributed by atoms with E-state index in [1.54, 1.807) is 0 Å². The molecule has 8 nitrogen and oxygen atoms in total. The van der Waals surface area contributed by atoms with Crippen LogP contribution in [-0.4, -0.2) is 55.5 Å². The second-order valence-corrected chi connectivity index (χ2v) is 12.0. The number of likely N-dealkylation sites (tertiary alicyclic amines) is 1. The number of nitrogens with one attached hydrogen (secondary N) is 1. The summed E-state index contributed by atoms with van der Waals surface area (Å²) < 4.78 is 2.38. The van der Waals surface area contributed by atoms with Gasteiger partial charge >= 0.3 is 0 Å². The first-order valence-electron chi connectivity index (χ1n) is 14.9. The molecule has 1 saturated carbocycles. The molecule has 2 fully saturated rings. The van der Waals surface area contributed by atoms with Crippen LogP contribution in [-0.2, 0) is 6.54 Å². The number of aromatic nitrogens is 4. The van der Waals surface area contributed by atoms with E-state index in [9.17, 15) is 4.79 Å². The fourth-order valence-corrected chi connectivity index (χ4v) is 6.54. The highest BCUT2D eigenvalue weighted by molar-refractivity contribution is 5.94. The third kappa shape index (κ3) is 6.43. The fraction of sp³-hybridized carbons (Fsp3) is 0.613. The Morgan fingerprint density at radius 2 is 1.77 bits per heavy atom. The summed E-state index contributed by atoms with van der Waals surface area (Å²) in [5.41, 5.74) is 11.1. The molecule has 5 rings (SSSR count). The average molecular weight is 532 g/mol. The van der Waals surface area contributed by atoms with E-state index in [0.717, 1.165) is 86.1 Å². The summed E-state index contributed by atoms with van der Waals surface area (Å²) in [5, 5.41) is 4.66. The van der Waals surface area contributed by atoms with Gasteiger partial charge in [0.1, 0.15) is 5.65 Å². The summed E-state index contributed by atoms with van der Waals surface area (Å²) in [6, 6.07) is 4.49. The Kier molecular flexibility index (Phi) is 8.50. The van der Waals surface area contributed by atoms with E-state index >= 15 is 0 Å². The molecule has 0 unspecified atom stereocenters. The molecule has 0 aromatic carbocycles. The number of fused-ring (bicyclic) bond motifs is 1. The molecule has 3 N–H and O–H groups in total. The smallest absolute Gasteiger partial charge is 0.253 e. The lowest BCUT2D eigenvalue weighted by molar-refractivity contribution is 0.0713. The summed E-state index contributed by atoms with van der Waals surface area (Å²) in [6.07, 6.45) is 13.0. The Bertz CT molecular complexity index is 1270. The van der Waals surface area contributed by atoms with Crippen molar-refractivity contribution < 1.29 is 4.79 Å². The maximum Gasteiger partial charge on any atom is 0.253 e. The fourth-order valence-electron chi connectivity index (χ4n) is 6.54. The number of aryl methyl sites for hydroxylation is 2. The topological polar surface area (TPSA) is 102 Å². The van der Waals surface area contributed by atoms with Crippen molar-refractivity contribution in [3.8, 4) is 0 Å². The van der Waals surface area contributed by atoms with Crippen LogP contribution >= 0.6 is 0 Å². The van der Waals surface area contributed by atoms with Crippen LogP contribution in [0.25, 0.3) is 11.0 Å². The normalized spacial score (nSPS) is 21.3. The van der Waals surface area contributed by atoms with E-state index < -0.39 is 0 Å². The van der Waals surface area contributed by atoms with Crippen molar-refractivity contribution in [2.75, 3.05) is 18.4 Å². The van der Waals surface area contributed by atoms with Gasteiger partial charge < -0.3 is 20.5 Å². The van der Waals surface area contributed by atoms with Crippen LogP contribution in [0.4, 0.5) is 5.95 Å². The number of pyridine rings is 1. The van der Waals surface area contributed by atoms with Gasteiger partial charge in [-0.2, -0.15) is 4.98 Å². The second kappa shape index (κ2) is 12.0. The minimum absolute atomic E-state index is 0.111. The van der Waals surface area contributed by atoms with Crippen LogP contribution in [0.1, 0.15) is 98.4 Å². The average Bonchev–Trinajstić information content (AvgIpc) is 3.26. The summed E-state index contributed by atoms with van der Waals surface area (Å²) >= 11 is 0. The van der Waals surface area contributed by atoms with Crippen molar-refractivity contribution in [2.45, 2.75) is 104 Å². The molecule has 1 aliphatic heterocycles. The zero-order chi connectivity index (χ0) is 27.5. The molecule has 210 valence electrons. The van der Waals surface area contributed by atoms with E-state index in [0.29, 0.717) is 29.9 Å². The lowest BCUT2D eigenvalue weighted by atomic mass is 9.86. The third-order valence-electron chi connectivity index (χ3n) is 8.64. The molecular weight excluding hydrogens is 486 g/mol. The zero-order valence-electron chi connectivity index (χ0n) is 24.1. The SMILES string of the molecule is CCC[C@H](C)Nc1ncc2c(C3CCN(C(=O)c4cc(C)nc(C)c4)CC3)cn(C[C@H]3CC[C@H](N)CC3)c2n1. The molecule has 1 atom stereocenters. The van der Waals surface area contributed by atoms with E-state index in [1.165, 1.54) is 18.4 Å². The number of nitrogens with zero attached hydrogens (tertiary/aromatic N) is 5.